The Kier molecular flexibility index (Phi) is 4.04. The fraction of sp³-hybridized carbons (Fsp3) is 0.462. The molecule has 98 valence electrons. The predicted octanol–water partition coefficient (Wildman–Crippen LogP) is 0.631. The summed E-state index contributed by atoms with van der Waals surface area (Å²) in [4.78, 5) is 13.5. The average molecular weight is 250 g/mol. The standard InChI is InChI=1S/C13H18N2O3/c14-10-3-5-12(6-4-10)18-9-13(17)15-7-1-2-11(16)8-15/h3-6,11,16H,1-2,7-9,14H2/t11-/m0/s1. The highest BCUT2D eigenvalue weighted by molar-refractivity contribution is 5.77. The van der Waals surface area contributed by atoms with Gasteiger partial charge in [0.1, 0.15) is 5.75 Å². The third-order valence-electron chi connectivity index (χ3n) is 2.99. The topological polar surface area (TPSA) is 75.8 Å². The maximum absolute atomic E-state index is 11.8. The number of hydrogen-bond donors (Lipinski definition) is 2. The number of nitrogen functional groups attached to an aromatic ring is 1. The van der Waals surface area contributed by atoms with Gasteiger partial charge in [0.2, 0.25) is 0 Å². The van der Waals surface area contributed by atoms with Crippen LogP contribution in [0.15, 0.2) is 24.3 Å². The smallest absolute Gasteiger partial charge is 0.260 e. The van der Waals surface area contributed by atoms with Crippen LogP contribution in [-0.4, -0.2) is 41.7 Å². The molecule has 0 bridgehead atoms. The molecule has 1 aromatic rings. The van der Waals surface area contributed by atoms with Crippen molar-refractivity contribution in [2.24, 2.45) is 0 Å². The van der Waals surface area contributed by atoms with E-state index in [4.69, 9.17) is 10.5 Å². The molecule has 1 aromatic carbocycles. The summed E-state index contributed by atoms with van der Waals surface area (Å²) in [6.45, 7) is 1.10. The van der Waals surface area contributed by atoms with Crippen molar-refractivity contribution in [3.05, 3.63) is 24.3 Å². The zero-order chi connectivity index (χ0) is 13.0. The lowest BCUT2D eigenvalue weighted by Crippen LogP contribution is -2.44. The number of nitrogens with zero attached hydrogens (tertiary/aromatic N) is 1. The zero-order valence-corrected chi connectivity index (χ0v) is 10.2. The number of benzene rings is 1. The largest absolute Gasteiger partial charge is 0.484 e. The summed E-state index contributed by atoms with van der Waals surface area (Å²) in [6.07, 6.45) is 1.21. The summed E-state index contributed by atoms with van der Waals surface area (Å²) in [5, 5.41) is 9.50. The normalized spacial score (nSPS) is 19.6. The van der Waals surface area contributed by atoms with Gasteiger partial charge in [-0.25, -0.2) is 0 Å². The maximum atomic E-state index is 11.8. The van der Waals surface area contributed by atoms with Crippen LogP contribution >= 0.6 is 0 Å². The molecule has 1 aliphatic rings. The van der Waals surface area contributed by atoms with E-state index >= 15 is 0 Å². The molecule has 1 heterocycles. The number of nitrogens with two attached hydrogens (primary N) is 1. The number of rotatable bonds is 3. The number of carbonyl (C=O) groups is 1. The number of anilines is 1. The lowest BCUT2D eigenvalue weighted by atomic mass is 10.1. The van der Waals surface area contributed by atoms with Gasteiger partial charge in [0.05, 0.1) is 6.10 Å². The number of piperidine rings is 1. The Morgan fingerprint density at radius 2 is 2.17 bits per heavy atom. The molecule has 2 rings (SSSR count). The summed E-state index contributed by atoms with van der Waals surface area (Å²) in [5.41, 5.74) is 6.22. The number of ether oxygens (including phenoxy) is 1. The lowest BCUT2D eigenvalue weighted by Gasteiger charge is -2.29. The fourth-order valence-corrected chi connectivity index (χ4v) is 1.98. The predicted molar refractivity (Wildman–Crippen MR) is 68.2 cm³/mol. The molecule has 1 saturated heterocycles. The highest BCUT2D eigenvalue weighted by atomic mass is 16.5. The molecule has 0 saturated carbocycles. The fourth-order valence-electron chi connectivity index (χ4n) is 1.98. The first kappa shape index (κ1) is 12.7. The second kappa shape index (κ2) is 5.73. The number of likely N-dealkylation sites (tertiary alicyclic amines) is 1. The molecule has 0 unspecified atom stereocenters. The van der Waals surface area contributed by atoms with Gasteiger partial charge < -0.3 is 20.5 Å². The van der Waals surface area contributed by atoms with Crippen molar-refractivity contribution < 1.29 is 14.6 Å². The highest BCUT2D eigenvalue weighted by Gasteiger charge is 2.22. The van der Waals surface area contributed by atoms with E-state index in [1.807, 2.05) is 0 Å². The van der Waals surface area contributed by atoms with E-state index < -0.39 is 6.10 Å². The van der Waals surface area contributed by atoms with E-state index in [-0.39, 0.29) is 12.5 Å². The van der Waals surface area contributed by atoms with Crippen molar-refractivity contribution in [3.63, 3.8) is 0 Å². The van der Waals surface area contributed by atoms with Gasteiger partial charge in [-0.2, -0.15) is 0 Å². The number of aliphatic hydroxyl groups is 1. The van der Waals surface area contributed by atoms with Crippen molar-refractivity contribution in [2.45, 2.75) is 18.9 Å². The third kappa shape index (κ3) is 3.37. The molecule has 0 aromatic heterocycles. The van der Waals surface area contributed by atoms with E-state index in [2.05, 4.69) is 0 Å². The molecule has 0 aliphatic carbocycles. The minimum absolute atomic E-state index is 0.00334. The van der Waals surface area contributed by atoms with Crippen LogP contribution < -0.4 is 10.5 Å². The van der Waals surface area contributed by atoms with Gasteiger partial charge in [0.15, 0.2) is 6.61 Å². The Morgan fingerprint density at radius 3 is 2.83 bits per heavy atom. The van der Waals surface area contributed by atoms with Crippen LogP contribution in [0.5, 0.6) is 5.75 Å². The van der Waals surface area contributed by atoms with E-state index in [0.717, 1.165) is 12.8 Å². The average Bonchev–Trinajstić information content (AvgIpc) is 2.38. The Balaban J connectivity index is 1.82. The summed E-state index contributed by atoms with van der Waals surface area (Å²) in [5.74, 6) is 0.528. The summed E-state index contributed by atoms with van der Waals surface area (Å²) in [7, 11) is 0. The molecular weight excluding hydrogens is 232 g/mol. The van der Waals surface area contributed by atoms with Crippen LogP contribution in [0.1, 0.15) is 12.8 Å². The number of hydrogen-bond acceptors (Lipinski definition) is 4. The third-order valence-corrected chi connectivity index (χ3v) is 2.99. The molecule has 1 atom stereocenters. The van der Waals surface area contributed by atoms with E-state index in [0.29, 0.717) is 24.5 Å². The summed E-state index contributed by atoms with van der Waals surface area (Å²) >= 11 is 0. The Hall–Kier alpha value is -1.75. The van der Waals surface area contributed by atoms with Crippen molar-refractivity contribution in [2.75, 3.05) is 25.4 Å². The Labute approximate surface area is 106 Å². The molecular formula is C13H18N2O3. The molecule has 1 amide bonds. The van der Waals surface area contributed by atoms with Crippen molar-refractivity contribution in [1.82, 2.24) is 4.90 Å². The molecule has 3 N–H and O–H groups in total. The minimum atomic E-state index is -0.403. The number of aliphatic hydroxyl groups excluding tert-OH is 1. The minimum Gasteiger partial charge on any atom is -0.484 e. The second-order valence-electron chi connectivity index (χ2n) is 4.49. The number of β-amino-alcohol motifs (C(OH)–C–C–N with tert-alkyl or cyclic N) is 1. The number of carbonyl (C=O) groups excluding carboxylic acids is 1. The van der Waals surface area contributed by atoms with Gasteiger partial charge in [0.25, 0.3) is 5.91 Å². The lowest BCUT2D eigenvalue weighted by molar-refractivity contribution is -0.136. The summed E-state index contributed by atoms with van der Waals surface area (Å²) in [6, 6.07) is 6.91. The quantitative estimate of drug-likeness (QED) is 0.772. The van der Waals surface area contributed by atoms with Gasteiger partial charge in [-0.3, -0.25) is 4.79 Å². The monoisotopic (exact) mass is 250 g/mol. The molecule has 18 heavy (non-hydrogen) atoms. The van der Waals surface area contributed by atoms with Crippen molar-refractivity contribution in [3.8, 4) is 5.75 Å². The molecule has 1 fully saturated rings. The zero-order valence-electron chi connectivity index (χ0n) is 10.2. The Morgan fingerprint density at radius 1 is 1.44 bits per heavy atom. The first-order valence-corrected chi connectivity index (χ1v) is 6.09. The maximum Gasteiger partial charge on any atom is 0.260 e. The van der Waals surface area contributed by atoms with Crippen molar-refractivity contribution in [1.29, 1.82) is 0 Å². The van der Waals surface area contributed by atoms with Crippen LogP contribution in [0.2, 0.25) is 0 Å². The van der Waals surface area contributed by atoms with Crippen LogP contribution in [0, 0.1) is 0 Å². The number of amides is 1. The van der Waals surface area contributed by atoms with Crippen LogP contribution in [-0.2, 0) is 4.79 Å². The first-order chi connectivity index (χ1) is 8.65. The highest BCUT2D eigenvalue weighted by Crippen LogP contribution is 2.14. The first-order valence-electron chi connectivity index (χ1n) is 6.09. The van der Waals surface area contributed by atoms with Gasteiger partial charge in [0, 0.05) is 18.8 Å². The van der Waals surface area contributed by atoms with Gasteiger partial charge in [-0.15, -0.1) is 0 Å². The van der Waals surface area contributed by atoms with Crippen LogP contribution in [0.25, 0.3) is 0 Å². The SMILES string of the molecule is Nc1ccc(OCC(=O)N2CCC[C@H](O)C2)cc1. The van der Waals surface area contributed by atoms with E-state index in [1.54, 1.807) is 29.2 Å². The van der Waals surface area contributed by atoms with E-state index in [9.17, 15) is 9.90 Å². The molecule has 0 radical (unpaired) electrons. The molecule has 5 nitrogen and oxygen atoms in total. The summed E-state index contributed by atoms with van der Waals surface area (Å²) < 4.78 is 5.38. The molecule has 0 spiro atoms. The van der Waals surface area contributed by atoms with Gasteiger partial charge in [-0.05, 0) is 37.1 Å². The van der Waals surface area contributed by atoms with Crippen molar-refractivity contribution >= 4 is 11.6 Å². The molecule has 5 heteroatoms. The Bertz CT molecular complexity index is 405. The van der Waals surface area contributed by atoms with Gasteiger partial charge >= 0.3 is 0 Å². The second-order valence-corrected chi connectivity index (χ2v) is 4.49. The van der Waals surface area contributed by atoms with Gasteiger partial charge in [-0.1, -0.05) is 0 Å². The van der Waals surface area contributed by atoms with E-state index in [1.165, 1.54) is 0 Å². The molecule has 1 aliphatic heterocycles. The van der Waals surface area contributed by atoms with Crippen LogP contribution in [0.3, 0.4) is 0 Å². The van der Waals surface area contributed by atoms with Crippen LogP contribution in [0.4, 0.5) is 5.69 Å².